The molecule has 1 aliphatic rings. The summed E-state index contributed by atoms with van der Waals surface area (Å²) < 4.78 is 0. The molecule has 1 fully saturated rings. The second kappa shape index (κ2) is 6.66. The van der Waals surface area contributed by atoms with E-state index >= 15 is 0 Å². The zero-order valence-electron chi connectivity index (χ0n) is 12.6. The molecule has 0 unspecified atom stereocenters. The van der Waals surface area contributed by atoms with Gasteiger partial charge in [-0.05, 0) is 52.7 Å². The van der Waals surface area contributed by atoms with Crippen molar-refractivity contribution in [2.24, 2.45) is 17.1 Å². The summed E-state index contributed by atoms with van der Waals surface area (Å²) in [5, 5.41) is 0. The van der Waals surface area contributed by atoms with Gasteiger partial charge in [0.2, 0.25) is 5.91 Å². The summed E-state index contributed by atoms with van der Waals surface area (Å²) in [4.78, 5) is 17.1. The van der Waals surface area contributed by atoms with E-state index in [0.29, 0.717) is 10.9 Å². The number of amides is 1. The zero-order chi connectivity index (χ0) is 14.6. The van der Waals surface area contributed by atoms with E-state index in [-0.39, 0.29) is 5.91 Å². The van der Waals surface area contributed by atoms with E-state index in [1.807, 2.05) is 25.9 Å². The summed E-state index contributed by atoms with van der Waals surface area (Å²) in [6.45, 7) is 6.66. The van der Waals surface area contributed by atoms with Gasteiger partial charge in [-0.3, -0.25) is 4.79 Å². The van der Waals surface area contributed by atoms with Gasteiger partial charge in [-0.2, -0.15) is 0 Å². The Labute approximate surface area is 122 Å². The highest BCUT2D eigenvalue weighted by Gasteiger charge is 2.52. The Morgan fingerprint density at radius 2 is 1.95 bits per heavy atom. The summed E-state index contributed by atoms with van der Waals surface area (Å²) in [5.74, 6) is 0.685. The van der Waals surface area contributed by atoms with E-state index in [2.05, 4.69) is 11.8 Å². The van der Waals surface area contributed by atoms with E-state index in [1.165, 1.54) is 0 Å². The lowest BCUT2D eigenvalue weighted by atomic mass is 9.61. The standard InChI is InChI=1S/C14H27N3OS/c1-5-17(8-6-7-16(3)4)13(18)14(12(15)19)9-11(2)10-14/h11H,5-10H2,1-4H3,(H2,15,19). The van der Waals surface area contributed by atoms with Crippen molar-refractivity contribution < 1.29 is 4.79 Å². The molecule has 0 saturated heterocycles. The Hall–Kier alpha value is -0.680. The molecule has 0 aromatic rings. The maximum absolute atomic E-state index is 12.7. The highest BCUT2D eigenvalue weighted by molar-refractivity contribution is 7.80. The molecule has 0 bridgehead atoms. The van der Waals surface area contributed by atoms with Gasteiger partial charge in [-0.15, -0.1) is 0 Å². The van der Waals surface area contributed by atoms with Gasteiger partial charge < -0.3 is 15.5 Å². The van der Waals surface area contributed by atoms with Crippen LogP contribution in [-0.2, 0) is 4.79 Å². The minimum Gasteiger partial charge on any atom is -0.392 e. The van der Waals surface area contributed by atoms with Crippen molar-refractivity contribution in [3.8, 4) is 0 Å². The number of nitrogens with zero attached hydrogens (tertiary/aromatic N) is 2. The first-order valence-electron chi connectivity index (χ1n) is 7.07. The predicted molar refractivity (Wildman–Crippen MR) is 83.0 cm³/mol. The first-order chi connectivity index (χ1) is 8.83. The summed E-state index contributed by atoms with van der Waals surface area (Å²) in [6, 6.07) is 0. The molecule has 1 saturated carbocycles. The zero-order valence-corrected chi connectivity index (χ0v) is 13.4. The average molecular weight is 285 g/mol. The molecule has 0 radical (unpaired) electrons. The third kappa shape index (κ3) is 3.66. The molecule has 0 heterocycles. The van der Waals surface area contributed by atoms with Gasteiger partial charge in [0.1, 0.15) is 0 Å². The van der Waals surface area contributed by atoms with E-state index in [9.17, 15) is 4.79 Å². The fraction of sp³-hybridized carbons (Fsp3) is 0.857. The van der Waals surface area contributed by atoms with Crippen LogP contribution in [0.3, 0.4) is 0 Å². The normalized spacial score (nSPS) is 26.1. The Balaban J connectivity index is 2.64. The average Bonchev–Trinajstić information content (AvgIpc) is 2.28. The highest BCUT2D eigenvalue weighted by Crippen LogP contribution is 2.47. The van der Waals surface area contributed by atoms with Crippen molar-refractivity contribution in [1.29, 1.82) is 0 Å². The smallest absolute Gasteiger partial charge is 0.235 e. The fourth-order valence-electron chi connectivity index (χ4n) is 2.89. The van der Waals surface area contributed by atoms with Gasteiger partial charge in [0.25, 0.3) is 0 Å². The number of hydrogen-bond acceptors (Lipinski definition) is 3. The molecule has 0 aromatic heterocycles. The van der Waals surface area contributed by atoms with E-state index in [1.54, 1.807) is 0 Å². The molecule has 5 heteroatoms. The van der Waals surface area contributed by atoms with E-state index in [4.69, 9.17) is 18.0 Å². The highest BCUT2D eigenvalue weighted by atomic mass is 32.1. The van der Waals surface area contributed by atoms with Crippen molar-refractivity contribution in [2.45, 2.75) is 33.1 Å². The van der Waals surface area contributed by atoms with Crippen LogP contribution >= 0.6 is 12.2 Å². The molecular formula is C14H27N3OS. The Morgan fingerprint density at radius 1 is 1.37 bits per heavy atom. The number of carbonyl (C=O) groups is 1. The number of nitrogens with two attached hydrogens (primary N) is 1. The van der Waals surface area contributed by atoms with E-state index < -0.39 is 5.41 Å². The third-order valence-electron chi connectivity index (χ3n) is 3.98. The molecular weight excluding hydrogens is 258 g/mol. The monoisotopic (exact) mass is 285 g/mol. The topological polar surface area (TPSA) is 49.6 Å². The molecule has 0 atom stereocenters. The van der Waals surface area contributed by atoms with Crippen molar-refractivity contribution in [1.82, 2.24) is 9.80 Å². The second-order valence-corrected chi connectivity index (χ2v) is 6.44. The number of thiocarbonyl (C=S) groups is 1. The predicted octanol–water partition coefficient (Wildman–Crippen LogP) is 1.49. The molecule has 0 aliphatic heterocycles. The Kier molecular flexibility index (Phi) is 5.74. The van der Waals surface area contributed by atoms with Crippen LogP contribution in [0.25, 0.3) is 0 Å². The molecule has 1 rings (SSSR count). The summed E-state index contributed by atoms with van der Waals surface area (Å²) >= 11 is 5.15. The molecule has 2 N–H and O–H groups in total. The molecule has 19 heavy (non-hydrogen) atoms. The minimum atomic E-state index is -0.553. The number of hydrogen-bond donors (Lipinski definition) is 1. The molecule has 1 amide bonds. The van der Waals surface area contributed by atoms with Crippen LogP contribution in [0.5, 0.6) is 0 Å². The van der Waals surface area contributed by atoms with Crippen LogP contribution in [0, 0.1) is 11.3 Å². The van der Waals surface area contributed by atoms with Crippen molar-refractivity contribution in [3.63, 3.8) is 0 Å². The first-order valence-corrected chi connectivity index (χ1v) is 7.48. The first kappa shape index (κ1) is 16.4. The van der Waals surface area contributed by atoms with Crippen molar-refractivity contribution in [2.75, 3.05) is 33.7 Å². The number of rotatable bonds is 7. The Morgan fingerprint density at radius 3 is 2.32 bits per heavy atom. The van der Waals surface area contributed by atoms with Crippen LogP contribution in [0.1, 0.15) is 33.1 Å². The van der Waals surface area contributed by atoms with Gasteiger partial charge in [0.15, 0.2) is 0 Å². The van der Waals surface area contributed by atoms with Gasteiger partial charge in [-0.1, -0.05) is 19.1 Å². The van der Waals surface area contributed by atoms with Crippen molar-refractivity contribution >= 4 is 23.1 Å². The van der Waals surface area contributed by atoms with Gasteiger partial charge >= 0.3 is 0 Å². The minimum absolute atomic E-state index is 0.138. The van der Waals surface area contributed by atoms with Crippen LogP contribution in [-0.4, -0.2) is 54.4 Å². The van der Waals surface area contributed by atoms with Crippen molar-refractivity contribution in [3.05, 3.63) is 0 Å². The van der Waals surface area contributed by atoms with Gasteiger partial charge in [-0.25, -0.2) is 0 Å². The lowest BCUT2D eigenvalue weighted by molar-refractivity contribution is -0.144. The van der Waals surface area contributed by atoms with Crippen LogP contribution < -0.4 is 5.73 Å². The van der Waals surface area contributed by atoms with E-state index in [0.717, 1.165) is 38.9 Å². The molecule has 110 valence electrons. The van der Waals surface area contributed by atoms with Gasteiger partial charge in [0.05, 0.1) is 10.4 Å². The number of carbonyl (C=O) groups excluding carboxylic acids is 1. The van der Waals surface area contributed by atoms with Gasteiger partial charge in [0, 0.05) is 13.1 Å². The van der Waals surface area contributed by atoms with Crippen LogP contribution in [0.2, 0.25) is 0 Å². The van der Waals surface area contributed by atoms with Crippen LogP contribution in [0.4, 0.5) is 0 Å². The summed E-state index contributed by atoms with van der Waals surface area (Å²) in [6.07, 6.45) is 2.60. The SMILES string of the molecule is CCN(CCCN(C)C)C(=O)C1(C(N)=S)CC(C)C1. The maximum Gasteiger partial charge on any atom is 0.235 e. The summed E-state index contributed by atoms with van der Waals surface area (Å²) in [7, 11) is 4.09. The largest absolute Gasteiger partial charge is 0.392 e. The molecule has 0 spiro atoms. The third-order valence-corrected chi connectivity index (χ3v) is 4.37. The lowest BCUT2D eigenvalue weighted by Gasteiger charge is -2.46. The summed E-state index contributed by atoms with van der Waals surface area (Å²) in [5.41, 5.74) is 5.29. The maximum atomic E-state index is 12.7. The quantitative estimate of drug-likeness (QED) is 0.720. The molecule has 4 nitrogen and oxygen atoms in total. The second-order valence-electron chi connectivity index (χ2n) is 6.00. The lowest BCUT2D eigenvalue weighted by Crippen LogP contribution is -2.57. The fourth-order valence-corrected chi connectivity index (χ4v) is 3.15. The Bertz CT molecular complexity index is 338. The molecule has 1 aliphatic carbocycles. The molecule has 0 aromatic carbocycles. The van der Waals surface area contributed by atoms with Crippen LogP contribution in [0.15, 0.2) is 0 Å².